The van der Waals surface area contributed by atoms with Crippen molar-refractivity contribution in [1.82, 2.24) is 19.6 Å². The highest BCUT2D eigenvalue weighted by molar-refractivity contribution is 5.83. The van der Waals surface area contributed by atoms with Gasteiger partial charge in [0.15, 0.2) is 0 Å². The lowest BCUT2D eigenvalue weighted by Crippen LogP contribution is -2.56. The number of aromatic nitrogens is 2. The van der Waals surface area contributed by atoms with Crippen molar-refractivity contribution in [2.75, 3.05) is 26.2 Å². The maximum Gasteiger partial charge on any atom is 0.229 e. The molecule has 4 fully saturated rings. The third kappa shape index (κ3) is 2.93. The second kappa shape index (κ2) is 6.61. The van der Waals surface area contributed by atoms with Gasteiger partial charge in [0.05, 0.1) is 23.7 Å². The molecule has 0 radical (unpaired) electrons. The first-order valence-corrected chi connectivity index (χ1v) is 11.1. The molecule has 2 heterocycles. The predicted molar refractivity (Wildman–Crippen MR) is 105 cm³/mol. The van der Waals surface area contributed by atoms with Crippen molar-refractivity contribution in [3.63, 3.8) is 0 Å². The molecule has 1 amide bonds. The number of likely N-dealkylation sites (N-methyl/N-ethyl adjacent to an activating group) is 1. The summed E-state index contributed by atoms with van der Waals surface area (Å²) in [6.07, 6.45) is 9.57. The highest BCUT2D eigenvalue weighted by Crippen LogP contribution is 2.60. The molecule has 1 atom stereocenters. The molecule has 4 bridgehead atoms. The zero-order valence-corrected chi connectivity index (χ0v) is 16.9. The number of amides is 1. The summed E-state index contributed by atoms with van der Waals surface area (Å²) in [6, 6.07) is 2.38. The zero-order valence-electron chi connectivity index (χ0n) is 16.9. The molecule has 4 aliphatic carbocycles. The largest absolute Gasteiger partial charge is 0.334 e. The van der Waals surface area contributed by atoms with Crippen LogP contribution in [0, 0.1) is 23.2 Å². The van der Waals surface area contributed by atoms with E-state index < -0.39 is 0 Å². The van der Waals surface area contributed by atoms with Gasteiger partial charge in [0.1, 0.15) is 0 Å². The van der Waals surface area contributed by atoms with Gasteiger partial charge < -0.3 is 9.80 Å². The summed E-state index contributed by atoms with van der Waals surface area (Å²) in [6.45, 7) is 9.08. The Balaban J connectivity index is 1.38. The molecule has 5 aliphatic rings. The maximum atomic E-state index is 13.8. The van der Waals surface area contributed by atoms with Crippen LogP contribution in [0.15, 0.2) is 12.3 Å². The number of carbonyl (C=O) groups excluding carboxylic acids is 1. The van der Waals surface area contributed by atoms with Crippen LogP contribution in [0.5, 0.6) is 0 Å². The van der Waals surface area contributed by atoms with Crippen LogP contribution in [0.4, 0.5) is 0 Å². The molecule has 0 saturated heterocycles. The number of fused-ring (bicyclic) bond motifs is 1. The average molecular weight is 371 g/mol. The summed E-state index contributed by atoms with van der Waals surface area (Å²) >= 11 is 0. The molecule has 0 spiro atoms. The Kier molecular flexibility index (Phi) is 4.34. The van der Waals surface area contributed by atoms with Crippen LogP contribution >= 0.6 is 0 Å². The van der Waals surface area contributed by atoms with E-state index in [0.717, 1.165) is 69.7 Å². The molecule has 4 saturated carbocycles. The minimum Gasteiger partial charge on any atom is -0.334 e. The third-order valence-corrected chi connectivity index (χ3v) is 8.02. The van der Waals surface area contributed by atoms with Crippen LogP contribution in [0.1, 0.15) is 64.1 Å². The van der Waals surface area contributed by atoms with E-state index in [2.05, 4.69) is 39.5 Å². The fraction of sp³-hybridized carbons (Fsp3) is 0.818. The van der Waals surface area contributed by atoms with Gasteiger partial charge in [0.2, 0.25) is 5.91 Å². The Bertz CT molecular complexity index is 672. The number of rotatable bonds is 5. The summed E-state index contributed by atoms with van der Waals surface area (Å²) in [7, 11) is 0. The highest BCUT2D eigenvalue weighted by Gasteiger charge is 2.56. The first-order chi connectivity index (χ1) is 13.1. The molecule has 1 unspecified atom stereocenters. The van der Waals surface area contributed by atoms with Crippen molar-refractivity contribution in [3.8, 4) is 0 Å². The number of hydrogen-bond acceptors (Lipinski definition) is 3. The van der Waals surface area contributed by atoms with Gasteiger partial charge in [-0.1, -0.05) is 13.8 Å². The van der Waals surface area contributed by atoms with Gasteiger partial charge in [0, 0.05) is 19.3 Å². The van der Waals surface area contributed by atoms with Crippen molar-refractivity contribution in [3.05, 3.63) is 18.0 Å². The molecule has 27 heavy (non-hydrogen) atoms. The molecular formula is C22H34N4O. The smallest absolute Gasteiger partial charge is 0.229 e. The van der Waals surface area contributed by atoms with E-state index in [0.29, 0.717) is 5.91 Å². The van der Waals surface area contributed by atoms with Gasteiger partial charge >= 0.3 is 0 Å². The second-order valence-electron chi connectivity index (χ2n) is 9.79. The summed E-state index contributed by atoms with van der Waals surface area (Å²) in [5, 5.41) is 4.60. The van der Waals surface area contributed by atoms with Crippen molar-refractivity contribution >= 4 is 5.91 Å². The van der Waals surface area contributed by atoms with Crippen LogP contribution in [-0.4, -0.2) is 51.7 Å². The van der Waals surface area contributed by atoms with Crippen LogP contribution in [0.25, 0.3) is 0 Å². The van der Waals surface area contributed by atoms with E-state index in [4.69, 9.17) is 0 Å². The van der Waals surface area contributed by atoms with Crippen molar-refractivity contribution in [2.45, 2.75) is 65.0 Å². The minimum atomic E-state index is -0.0311. The van der Waals surface area contributed by atoms with Crippen molar-refractivity contribution < 1.29 is 4.79 Å². The van der Waals surface area contributed by atoms with Crippen LogP contribution < -0.4 is 0 Å². The highest BCUT2D eigenvalue weighted by atomic mass is 16.2. The molecule has 5 heteroatoms. The SMILES string of the molecule is CCN(CC)CC1CN(C(=O)C23CC4CC(CC(C4)C2)C3)Cc2ccnn21. The number of hydrogen-bond donors (Lipinski definition) is 0. The van der Waals surface area contributed by atoms with E-state index in [1.54, 1.807) is 0 Å². The van der Waals surface area contributed by atoms with Gasteiger partial charge in [-0.3, -0.25) is 9.48 Å². The lowest BCUT2D eigenvalue weighted by Gasteiger charge is -2.57. The Morgan fingerprint density at radius 3 is 2.37 bits per heavy atom. The summed E-state index contributed by atoms with van der Waals surface area (Å²) in [5.74, 6) is 2.93. The normalized spacial score (nSPS) is 37.1. The summed E-state index contributed by atoms with van der Waals surface area (Å²) in [5.41, 5.74) is 1.17. The van der Waals surface area contributed by atoms with Gasteiger partial charge in [-0.25, -0.2) is 0 Å². The van der Waals surface area contributed by atoms with Gasteiger partial charge in [0.25, 0.3) is 0 Å². The van der Waals surface area contributed by atoms with Gasteiger partial charge in [-0.05, 0) is 75.4 Å². The monoisotopic (exact) mass is 370 g/mol. The van der Waals surface area contributed by atoms with E-state index in [1.807, 2.05) is 6.20 Å². The Labute approximate surface area is 163 Å². The first-order valence-electron chi connectivity index (χ1n) is 11.1. The summed E-state index contributed by atoms with van der Waals surface area (Å²) in [4.78, 5) is 18.5. The molecule has 5 nitrogen and oxygen atoms in total. The molecule has 148 valence electrons. The predicted octanol–water partition coefficient (Wildman–Crippen LogP) is 3.32. The first kappa shape index (κ1) is 17.7. The number of nitrogens with zero attached hydrogens (tertiary/aromatic N) is 4. The van der Waals surface area contributed by atoms with E-state index in [-0.39, 0.29) is 11.5 Å². The van der Waals surface area contributed by atoms with Crippen molar-refractivity contribution in [2.24, 2.45) is 23.2 Å². The molecule has 6 rings (SSSR count). The molecule has 1 aromatic rings. The number of carbonyl (C=O) groups is 1. The molecule has 1 aromatic heterocycles. The van der Waals surface area contributed by atoms with Crippen LogP contribution in [-0.2, 0) is 11.3 Å². The summed E-state index contributed by atoms with van der Waals surface area (Å²) < 4.78 is 2.18. The fourth-order valence-electron chi connectivity index (χ4n) is 7.17. The van der Waals surface area contributed by atoms with E-state index in [1.165, 1.54) is 25.0 Å². The zero-order chi connectivity index (χ0) is 18.6. The third-order valence-electron chi connectivity index (χ3n) is 8.02. The van der Waals surface area contributed by atoms with Crippen LogP contribution in [0.3, 0.4) is 0 Å². The molecule has 0 N–H and O–H groups in total. The Morgan fingerprint density at radius 1 is 1.15 bits per heavy atom. The molecule has 1 aliphatic heterocycles. The fourth-order valence-corrected chi connectivity index (χ4v) is 7.17. The average Bonchev–Trinajstić information content (AvgIpc) is 3.13. The standard InChI is InChI=1S/C22H34N4O/c1-3-24(4-2)13-20-15-25(14-19-5-6-23-26(19)20)21(27)22-10-16-7-17(11-22)9-18(8-16)12-22/h5-6,16-18,20H,3-4,7-15H2,1-2H3. The molecular weight excluding hydrogens is 336 g/mol. The second-order valence-corrected chi connectivity index (χ2v) is 9.79. The molecule has 0 aromatic carbocycles. The quantitative estimate of drug-likeness (QED) is 0.798. The Morgan fingerprint density at radius 2 is 1.78 bits per heavy atom. The topological polar surface area (TPSA) is 41.4 Å². The lowest BCUT2D eigenvalue weighted by molar-refractivity contribution is -0.160. The van der Waals surface area contributed by atoms with Crippen molar-refractivity contribution in [1.29, 1.82) is 0 Å². The minimum absolute atomic E-state index is 0.0311. The van der Waals surface area contributed by atoms with Gasteiger partial charge in [-0.15, -0.1) is 0 Å². The van der Waals surface area contributed by atoms with E-state index >= 15 is 0 Å². The lowest BCUT2D eigenvalue weighted by atomic mass is 9.49. The maximum absolute atomic E-state index is 13.8. The van der Waals surface area contributed by atoms with Gasteiger partial charge in [-0.2, -0.15) is 5.10 Å². The van der Waals surface area contributed by atoms with E-state index in [9.17, 15) is 4.79 Å². The van der Waals surface area contributed by atoms with Crippen LogP contribution in [0.2, 0.25) is 0 Å². The Hall–Kier alpha value is -1.36.